The molecular formula is C13H18ClNO3. The van der Waals surface area contributed by atoms with Gasteiger partial charge in [-0.2, -0.15) is 0 Å². The normalized spacial score (nSPS) is 12.1. The Bertz CT molecular complexity index is 421. The third-order valence-corrected chi connectivity index (χ3v) is 2.83. The van der Waals surface area contributed by atoms with Gasteiger partial charge in [0.05, 0.1) is 19.9 Å². The molecule has 0 aliphatic carbocycles. The highest BCUT2D eigenvalue weighted by molar-refractivity contribution is 6.30. The Morgan fingerprint density at radius 2 is 2.00 bits per heavy atom. The molecule has 0 aromatic heterocycles. The average Bonchev–Trinajstić information content (AvgIpc) is 2.34. The molecular weight excluding hydrogens is 254 g/mol. The second kappa shape index (κ2) is 6.50. The molecule has 1 aromatic carbocycles. The van der Waals surface area contributed by atoms with Crippen LogP contribution < -0.4 is 10.1 Å². The zero-order valence-corrected chi connectivity index (χ0v) is 11.7. The molecule has 1 atom stereocenters. The minimum atomic E-state index is -0.442. The standard InChI is InChI=1S/C13H18ClNO3/c1-8(2)12(13(16)18-4)15-10-7-9(14)5-6-11(10)17-3/h5-8,12,15H,1-4H3. The van der Waals surface area contributed by atoms with Crippen LogP contribution in [0, 0.1) is 5.92 Å². The first-order chi connectivity index (χ1) is 8.49. The molecule has 0 bridgehead atoms. The lowest BCUT2D eigenvalue weighted by Gasteiger charge is -2.22. The van der Waals surface area contributed by atoms with E-state index in [1.165, 1.54) is 7.11 Å². The van der Waals surface area contributed by atoms with Crippen molar-refractivity contribution in [2.24, 2.45) is 5.92 Å². The van der Waals surface area contributed by atoms with Gasteiger partial charge in [-0.15, -0.1) is 0 Å². The summed E-state index contributed by atoms with van der Waals surface area (Å²) >= 11 is 5.94. The predicted molar refractivity (Wildman–Crippen MR) is 72.3 cm³/mol. The summed E-state index contributed by atoms with van der Waals surface area (Å²) < 4.78 is 10.00. The van der Waals surface area contributed by atoms with Crippen LogP contribution in [-0.2, 0) is 9.53 Å². The van der Waals surface area contributed by atoms with Gasteiger partial charge in [-0.25, -0.2) is 4.79 Å². The number of benzene rings is 1. The van der Waals surface area contributed by atoms with Crippen molar-refractivity contribution in [2.75, 3.05) is 19.5 Å². The second-order valence-corrected chi connectivity index (χ2v) is 4.67. The van der Waals surface area contributed by atoms with Gasteiger partial charge in [0, 0.05) is 5.02 Å². The number of anilines is 1. The van der Waals surface area contributed by atoms with Crippen molar-refractivity contribution >= 4 is 23.3 Å². The zero-order valence-electron chi connectivity index (χ0n) is 11.0. The van der Waals surface area contributed by atoms with Crippen molar-refractivity contribution in [2.45, 2.75) is 19.9 Å². The molecule has 0 aliphatic rings. The van der Waals surface area contributed by atoms with Gasteiger partial charge in [-0.3, -0.25) is 0 Å². The maximum Gasteiger partial charge on any atom is 0.328 e. The molecule has 5 heteroatoms. The van der Waals surface area contributed by atoms with Gasteiger partial charge in [0.15, 0.2) is 0 Å². The van der Waals surface area contributed by atoms with E-state index in [1.807, 2.05) is 13.8 Å². The Kier molecular flexibility index (Phi) is 5.28. The maximum atomic E-state index is 11.7. The quantitative estimate of drug-likeness (QED) is 0.837. The topological polar surface area (TPSA) is 47.6 Å². The number of esters is 1. The summed E-state index contributed by atoms with van der Waals surface area (Å²) in [5.74, 6) is 0.405. The van der Waals surface area contributed by atoms with Crippen molar-refractivity contribution in [3.63, 3.8) is 0 Å². The third-order valence-electron chi connectivity index (χ3n) is 2.59. The average molecular weight is 272 g/mol. The van der Waals surface area contributed by atoms with Crippen LogP contribution in [0.2, 0.25) is 5.02 Å². The van der Waals surface area contributed by atoms with E-state index in [9.17, 15) is 4.79 Å². The van der Waals surface area contributed by atoms with Crippen LogP contribution in [0.5, 0.6) is 5.75 Å². The number of rotatable bonds is 5. The number of ether oxygens (including phenoxy) is 2. The smallest absolute Gasteiger partial charge is 0.328 e. The fourth-order valence-corrected chi connectivity index (χ4v) is 1.76. The monoisotopic (exact) mass is 271 g/mol. The maximum absolute atomic E-state index is 11.7. The minimum absolute atomic E-state index is 0.0844. The SMILES string of the molecule is COC(=O)C(Nc1cc(Cl)ccc1OC)C(C)C. The van der Waals surface area contributed by atoms with Crippen LogP contribution >= 0.6 is 11.6 Å². The molecule has 1 rings (SSSR count). The molecule has 18 heavy (non-hydrogen) atoms. The summed E-state index contributed by atoms with van der Waals surface area (Å²) in [7, 11) is 2.94. The van der Waals surface area contributed by atoms with E-state index in [-0.39, 0.29) is 11.9 Å². The van der Waals surface area contributed by atoms with Gasteiger partial charge in [0.25, 0.3) is 0 Å². The molecule has 0 amide bonds. The van der Waals surface area contributed by atoms with Crippen LogP contribution in [0.15, 0.2) is 18.2 Å². The molecule has 0 radical (unpaired) electrons. The summed E-state index contributed by atoms with van der Waals surface area (Å²) in [5.41, 5.74) is 0.675. The third kappa shape index (κ3) is 3.53. The molecule has 1 N–H and O–H groups in total. The number of halogens is 1. The van der Waals surface area contributed by atoms with Crippen LogP contribution in [0.25, 0.3) is 0 Å². The highest BCUT2D eigenvalue weighted by Crippen LogP contribution is 2.29. The van der Waals surface area contributed by atoms with Crippen molar-refractivity contribution in [3.8, 4) is 5.75 Å². The molecule has 1 aromatic rings. The fraction of sp³-hybridized carbons (Fsp3) is 0.462. The van der Waals surface area contributed by atoms with E-state index in [1.54, 1.807) is 25.3 Å². The Labute approximate surface area is 112 Å². The number of hydrogen-bond acceptors (Lipinski definition) is 4. The highest BCUT2D eigenvalue weighted by atomic mass is 35.5. The summed E-state index contributed by atoms with van der Waals surface area (Å²) in [4.78, 5) is 11.7. The van der Waals surface area contributed by atoms with Crippen molar-refractivity contribution < 1.29 is 14.3 Å². The summed E-state index contributed by atoms with van der Waals surface area (Å²) in [6, 6.07) is 4.76. The first kappa shape index (κ1) is 14.6. The Hall–Kier alpha value is -1.42. The largest absolute Gasteiger partial charge is 0.495 e. The highest BCUT2D eigenvalue weighted by Gasteiger charge is 2.23. The second-order valence-electron chi connectivity index (χ2n) is 4.23. The molecule has 0 spiro atoms. The van der Waals surface area contributed by atoms with Gasteiger partial charge in [0.2, 0.25) is 0 Å². The Morgan fingerprint density at radius 3 is 2.50 bits per heavy atom. The fourth-order valence-electron chi connectivity index (χ4n) is 1.59. The summed E-state index contributed by atoms with van der Waals surface area (Å²) in [6.07, 6.45) is 0. The molecule has 0 fully saturated rings. The Balaban J connectivity index is 2.99. The van der Waals surface area contributed by atoms with Crippen LogP contribution in [0.4, 0.5) is 5.69 Å². The van der Waals surface area contributed by atoms with Crippen LogP contribution in [0.3, 0.4) is 0 Å². The van der Waals surface area contributed by atoms with Gasteiger partial charge in [0.1, 0.15) is 11.8 Å². The molecule has 0 aliphatic heterocycles. The van der Waals surface area contributed by atoms with E-state index in [0.717, 1.165) is 0 Å². The van der Waals surface area contributed by atoms with Crippen molar-refractivity contribution in [1.29, 1.82) is 0 Å². The van der Waals surface area contributed by atoms with Gasteiger partial charge >= 0.3 is 5.97 Å². The van der Waals surface area contributed by atoms with Crippen molar-refractivity contribution in [1.82, 2.24) is 0 Å². The van der Waals surface area contributed by atoms with Gasteiger partial charge in [-0.1, -0.05) is 25.4 Å². The number of methoxy groups -OCH3 is 2. The number of nitrogens with one attached hydrogen (secondary N) is 1. The van der Waals surface area contributed by atoms with Gasteiger partial charge in [-0.05, 0) is 24.1 Å². The van der Waals surface area contributed by atoms with Crippen LogP contribution in [-0.4, -0.2) is 26.2 Å². The predicted octanol–water partition coefficient (Wildman–Crippen LogP) is 2.96. The number of carbonyl (C=O) groups is 1. The molecule has 0 saturated carbocycles. The lowest BCUT2D eigenvalue weighted by molar-refractivity contribution is -0.142. The molecule has 1 unspecified atom stereocenters. The van der Waals surface area contributed by atoms with Crippen molar-refractivity contribution in [3.05, 3.63) is 23.2 Å². The van der Waals surface area contributed by atoms with Gasteiger partial charge < -0.3 is 14.8 Å². The van der Waals surface area contributed by atoms with E-state index < -0.39 is 6.04 Å². The Morgan fingerprint density at radius 1 is 1.33 bits per heavy atom. The molecule has 100 valence electrons. The number of hydrogen-bond donors (Lipinski definition) is 1. The lowest BCUT2D eigenvalue weighted by Crippen LogP contribution is -2.35. The zero-order chi connectivity index (χ0) is 13.7. The van der Waals surface area contributed by atoms with Crippen LogP contribution in [0.1, 0.15) is 13.8 Å². The summed E-state index contributed by atoms with van der Waals surface area (Å²) in [5, 5.41) is 3.68. The first-order valence-corrected chi connectivity index (χ1v) is 6.05. The van der Waals surface area contributed by atoms with E-state index >= 15 is 0 Å². The number of carbonyl (C=O) groups excluding carboxylic acids is 1. The molecule has 0 saturated heterocycles. The lowest BCUT2D eigenvalue weighted by atomic mass is 10.0. The first-order valence-electron chi connectivity index (χ1n) is 5.67. The van der Waals surface area contributed by atoms with E-state index in [0.29, 0.717) is 16.5 Å². The summed E-state index contributed by atoms with van der Waals surface area (Å²) in [6.45, 7) is 3.87. The van der Waals surface area contributed by atoms with E-state index in [4.69, 9.17) is 21.1 Å². The molecule has 4 nitrogen and oxygen atoms in total. The minimum Gasteiger partial charge on any atom is -0.495 e. The molecule has 0 heterocycles. The van der Waals surface area contributed by atoms with E-state index in [2.05, 4.69) is 5.32 Å².